The van der Waals surface area contributed by atoms with Crippen molar-refractivity contribution in [3.05, 3.63) is 22.4 Å². The first-order valence-corrected chi connectivity index (χ1v) is 7.70. The minimum absolute atomic E-state index is 0.0356. The van der Waals surface area contributed by atoms with Crippen molar-refractivity contribution < 1.29 is 9.59 Å². The number of carbonyl (C=O) groups excluding carboxylic acids is 2. The van der Waals surface area contributed by atoms with Crippen molar-refractivity contribution in [2.45, 2.75) is 18.9 Å². The van der Waals surface area contributed by atoms with E-state index in [0.717, 1.165) is 0 Å². The van der Waals surface area contributed by atoms with E-state index >= 15 is 0 Å². The van der Waals surface area contributed by atoms with Gasteiger partial charge in [-0.05, 0) is 32.0 Å². The fourth-order valence-electron chi connectivity index (χ4n) is 2.32. The minimum atomic E-state index is -0.0983. The molecule has 1 aromatic heterocycles. The molecule has 1 saturated heterocycles. The van der Waals surface area contributed by atoms with E-state index in [1.165, 1.54) is 4.88 Å². The van der Waals surface area contributed by atoms with Crippen LogP contribution in [-0.4, -0.2) is 43.9 Å². The van der Waals surface area contributed by atoms with Crippen molar-refractivity contribution in [3.63, 3.8) is 0 Å². The molecule has 1 aliphatic rings. The summed E-state index contributed by atoms with van der Waals surface area (Å²) in [6.45, 7) is 1.05. The normalized spacial score (nSPS) is 20.6. The molecule has 0 bridgehead atoms. The highest BCUT2D eigenvalue weighted by Crippen LogP contribution is 2.22. The number of likely N-dealkylation sites (N-methyl/N-ethyl adjacent to an activating group) is 1. The topological polar surface area (TPSA) is 61.4 Å². The van der Waals surface area contributed by atoms with Gasteiger partial charge in [-0.3, -0.25) is 9.59 Å². The Labute approximate surface area is 123 Å². The van der Waals surface area contributed by atoms with Crippen molar-refractivity contribution in [2.75, 3.05) is 27.2 Å². The van der Waals surface area contributed by atoms with E-state index in [-0.39, 0.29) is 23.8 Å². The van der Waals surface area contributed by atoms with Crippen LogP contribution in [0.4, 0.5) is 0 Å². The first-order chi connectivity index (χ1) is 9.58. The van der Waals surface area contributed by atoms with E-state index in [1.54, 1.807) is 11.3 Å². The minimum Gasteiger partial charge on any atom is -0.355 e. The molecule has 1 aliphatic heterocycles. The smallest absolute Gasteiger partial charge is 0.224 e. The Hall–Kier alpha value is -1.40. The van der Waals surface area contributed by atoms with Crippen LogP contribution in [0.25, 0.3) is 0 Å². The number of hydrogen-bond acceptors (Lipinski definition) is 4. The van der Waals surface area contributed by atoms with Crippen LogP contribution in [0, 0.1) is 5.92 Å². The van der Waals surface area contributed by atoms with Gasteiger partial charge in [0.2, 0.25) is 11.8 Å². The van der Waals surface area contributed by atoms with Crippen LogP contribution in [0.3, 0.4) is 0 Å². The van der Waals surface area contributed by atoms with Gasteiger partial charge in [0.1, 0.15) is 0 Å². The molecule has 2 atom stereocenters. The average molecular weight is 295 g/mol. The summed E-state index contributed by atoms with van der Waals surface area (Å²) >= 11 is 1.70. The first-order valence-electron chi connectivity index (χ1n) is 6.82. The predicted molar refractivity (Wildman–Crippen MR) is 79.5 cm³/mol. The van der Waals surface area contributed by atoms with Crippen molar-refractivity contribution in [2.24, 2.45) is 5.92 Å². The van der Waals surface area contributed by atoms with Crippen LogP contribution in [0.15, 0.2) is 17.5 Å². The maximum Gasteiger partial charge on any atom is 0.224 e. The molecular formula is C14H21N3O2S. The van der Waals surface area contributed by atoms with E-state index in [0.29, 0.717) is 25.9 Å². The molecule has 5 nitrogen and oxygen atoms in total. The largest absolute Gasteiger partial charge is 0.355 e. The van der Waals surface area contributed by atoms with E-state index in [2.05, 4.69) is 21.6 Å². The number of nitrogens with one attached hydrogen (secondary N) is 2. The third kappa shape index (κ3) is 3.80. The Morgan fingerprint density at radius 3 is 2.95 bits per heavy atom. The lowest BCUT2D eigenvalue weighted by Crippen LogP contribution is -2.44. The average Bonchev–Trinajstić information content (AvgIpc) is 2.93. The lowest BCUT2D eigenvalue weighted by molar-refractivity contribution is -0.129. The molecule has 0 spiro atoms. The van der Waals surface area contributed by atoms with Gasteiger partial charge >= 0.3 is 0 Å². The van der Waals surface area contributed by atoms with Gasteiger partial charge in [0, 0.05) is 24.4 Å². The Balaban J connectivity index is 1.86. The maximum absolute atomic E-state index is 12.1. The fourth-order valence-corrected chi connectivity index (χ4v) is 3.24. The van der Waals surface area contributed by atoms with Gasteiger partial charge in [-0.25, -0.2) is 0 Å². The number of carbonyl (C=O) groups is 2. The van der Waals surface area contributed by atoms with E-state index in [9.17, 15) is 9.59 Å². The summed E-state index contributed by atoms with van der Waals surface area (Å²) in [5.74, 6) is -0.0222. The maximum atomic E-state index is 12.1. The summed E-state index contributed by atoms with van der Waals surface area (Å²) in [7, 11) is 4.02. The first kappa shape index (κ1) is 15.0. The number of piperidine rings is 1. The van der Waals surface area contributed by atoms with Crippen LogP contribution >= 0.6 is 11.3 Å². The third-order valence-electron chi connectivity index (χ3n) is 3.60. The zero-order chi connectivity index (χ0) is 14.5. The summed E-state index contributed by atoms with van der Waals surface area (Å²) in [5, 5.41) is 7.80. The van der Waals surface area contributed by atoms with Crippen LogP contribution in [0.5, 0.6) is 0 Å². The van der Waals surface area contributed by atoms with Crippen LogP contribution in [-0.2, 0) is 9.59 Å². The van der Waals surface area contributed by atoms with Gasteiger partial charge in [0.15, 0.2) is 0 Å². The summed E-state index contributed by atoms with van der Waals surface area (Å²) in [4.78, 5) is 26.6. The van der Waals surface area contributed by atoms with Gasteiger partial charge in [0.05, 0.1) is 12.0 Å². The molecule has 1 fully saturated rings. The second kappa shape index (κ2) is 6.85. The fraction of sp³-hybridized carbons (Fsp3) is 0.571. The zero-order valence-electron chi connectivity index (χ0n) is 11.9. The highest BCUT2D eigenvalue weighted by Gasteiger charge is 2.25. The van der Waals surface area contributed by atoms with Crippen molar-refractivity contribution >= 4 is 23.2 Å². The van der Waals surface area contributed by atoms with Crippen LogP contribution < -0.4 is 10.6 Å². The van der Waals surface area contributed by atoms with Gasteiger partial charge in [-0.2, -0.15) is 0 Å². The molecular weight excluding hydrogens is 274 g/mol. The van der Waals surface area contributed by atoms with Crippen LogP contribution in [0.2, 0.25) is 0 Å². The Kier molecular flexibility index (Phi) is 5.14. The summed E-state index contributed by atoms with van der Waals surface area (Å²) < 4.78 is 0. The quantitative estimate of drug-likeness (QED) is 0.852. The molecule has 0 aliphatic carbocycles. The molecule has 1 aromatic rings. The van der Waals surface area contributed by atoms with E-state index in [1.807, 2.05) is 25.5 Å². The van der Waals surface area contributed by atoms with Crippen molar-refractivity contribution in [1.82, 2.24) is 15.5 Å². The Morgan fingerprint density at radius 1 is 1.60 bits per heavy atom. The van der Waals surface area contributed by atoms with Gasteiger partial charge < -0.3 is 15.5 Å². The SMILES string of the molecule is CN(C)[C@H](CNC(=O)[C@H]1CCC(=O)NC1)c1cccs1. The molecule has 2 N–H and O–H groups in total. The second-order valence-electron chi connectivity index (χ2n) is 5.28. The number of thiophene rings is 1. The zero-order valence-corrected chi connectivity index (χ0v) is 12.7. The number of nitrogens with zero attached hydrogens (tertiary/aromatic N) is 1. The second-order valence-corrected chi connectivity index (χ2v) is 6.26. The standard InChI is InChI=1S/C14H21N3O2S/c1-17(2)11(12-4-3-7-20-12)9-16-14(19)10-5-6-13(18)15-8-10/h3-4,7,10-11H,5-6,8-9H2,1-2H3,(H,15,18)(H,16,19)/t10-,11+/m0/s1. The number of hydrogen-bond donors (Lipinski definition) is 2. The van der Waals surface area contributed by atoms with Gasteiger partial charge in [-0.15, -0.1) is 11.3 Å². The molecule has 0 radical (unpaired) electrons. The molecule has 2 heterocycles. The molecule has 2 amide bonds. The Morgan fingerprint density at radius 2 is 2.40 bits per heavy atom. The number of amides is 2. The van der Waals surface area contributed by atoms with Crippen molar-refractivity contribution in [3.8, 4) is 0 Å². The van der Waals surface area contributed by atoms with E-state index in [4.69, 9.17) is 0 Å². The van der Waals surface area contributed by atoms with Gasteiger partial charge in [-0.1, -0.05) is 6.07 Å². The lowest BCUT2D eigenvalue weighted by atomic mass is 9.98. The highest BCUT2D eigenvalue weighted by atomic mass is 32.1. The van der Waals surface area contributed by atoms with Gasteiger partial charge in [0.25, 0.3) is 0 Å². The molecule has 0 unspecified atom stereocenters. The lowest BCUT2D eigenvalue weighted by Gasteiger charge is -2.26. The summed E-state index contributed by atoms with van der Waals surface area (Å²) in [5.41, 5.74) is 0. The van der Waals surface area contributed by atoms with E-state index < -0.39 is 0 Å². The molecule has 110 valence electrons. The number of rotatable bonds is 5. The molecule has 0 saturated carbocycles. The van der Waals surface area contributed by atoms with Crippen LogP contribution in [0.1, 0.15) is 23.8 Å². The summed E-state index contributed by atoms with van der Waals surface area (Å²) in [6.07, 6.45) is 1.09. The molecule has 20 heavy (non-hydrogen) atoms. The summed E-state index contributed by atoms with van der Waals surface area (Å²) in [6, 6.07) is 4.30. The monoisotopic (exact) mass is 295 g/mol. The molecule has 2 rings (SSSR count). The van der Waals surface area contributed by atoms with Crippen molar-refractivity contribution in [1.29, 1.82) is 0 Å². The Bertz CT molecular complexity index is 449. The molecule has 6 heteroatoms. The predicted octanol–water partition coefficient (Wildman–Crippen LogP) is 0.993. The third-order valence-corrected chi connectivity index (χ3v) is 4.57. The highest BCUT2D eigenvalue weighted by molar-refractivity contribution is 7.10. The molecule has 0 aromatic carbocycles.